The molecular formula is C12H13N3O2. The number of nitrogens with one attached hydrogen (secondary N) is 2. The third-order valence-corrected chi connectivity index (χ3v) is 3.25. The molecule has 17 heavy (non-hydrogen) atoms. The van der Waals surface area contributed by atoms with Gasteiger partial charge in [0.1, 0.15) is 17.6 Å². The third-order valence-electron chi connectivity index (χ3n) is 3.25. The van der Waals surface area contributed by atoms with Crippen molar-refractivity contribution < 1.29 is 9.53 Å². The van der Waals surface area contributed by atoms with Crippen molar-refractivity contribution in [1.29, 1.82) is 5.41 Å². The summed E-state index contributed by atoms with van der Waals surface area (Å²) in [4.78, 5) is 13.0. The molecule has 1 aromatic rings. The molecular weight excluding hydrogens is 218 g/mol. The molecule has 0 bridgehead atoms. The molecule has 2 aliphatic rings. The van der Waals surface area contributed by atoms with Crippen LogP contribution in [0.2, 0.25) is 0 Å². The Kier molecular flexibility index (Phi) is 2.07. The lowest BCUT2D eigenvalue weighted by Crippen LogP contribution is -2.25. The zero-order chi connectivity index (χ0) is 12.0. The van der Waals surface area contributed by atoms with Crippen molar-refractivity contribution in [2.24, 2.45) is 0 Å². The molecule has 1 fully saturated rings. The number of amides is 2. The summed E-state index contributed by atoms with van der Waals surface area (Å²) in [6.45, 7) is 0.716. The average molecular weight is 231 g/mol. The van der Waals surface area contributed by atoms with Gasteiger partial charge in [0.2, 0.25) is 0 Å². The van der Waals surface area contributed by atoms with E-state index < -0.39 is 0 Å². The van der Waals surface area contributed by atoms with Crippen LogP contribution in [0.4, 0.5) is 4.79 Å². The molecule has 88 valence electrons. The lowest BCUT2D eigenvalue weighted by Gasteiger charge is -2.18. The van der Waals surface area contributed by atoms with Gasteiger partial charge in [0.15, 0.2) is 0 Å². The molecule has 3 rings (SSSR count). The molecule has 2 N–H and O–H groups in total. The van der Waals surface area contributed by atoms with Crippen molar-refractivity contribution in [2.75, 3.05) is 13.7 Å². The first-order valence-corrected chi connectivity index (χ1v) is 5.54. The van der Waals surface area contributed by atoms with Gasteiger partial charge in [0.05, 0.1) is 6.61 Å². The SMILES string of the molecule is CN1C(=O)NC(=N)C1c1ccc2c(c1)CCO2. The number of urea groups is 1. The minimum atomic E-state index is -0.298. The Bertz CT molecular complexity index is 512. The van der Waals surface area contributed by atoms with E-state index in [0.29, 0.717) is 6.61 Å². The Hall–Kier alpha value is -2.04. The van der Waals surface area contributed by atoms with Gasteiger partial charge in [0.25, 0.3) is 0 Å². The zero-order valence-electron chi connectivity index (χ0n) is 9.49. The van der Waals surface area contributed by atoms with E-state index >= 15 is 0 Å². The number of fused-ring (bicyclic) bond motifs is 1. The fourth-order valence-electron chi connectivity index (χ4n) is 2.35. The molecule has 0 spiro atoms. The molecule has 1 atom stereocenters. The number of benzene rings is 1. The van der Waals surface area contributed by atoms with E-state index in [1.807, 2.05) is 18.2 Å². The lowest BCUT2D eigenvalue weighted by molar-refractivity contribution is 0.217. The second-order valence-corrected chi connectivity index (χ2v) is 4.32. The van der Waals surface area contributed by atoms with Crippen LogP contribution in [0.15, 0.2) is 18.2 Å². The summed E-state index contributed by atoms with van der Waals surface area (Å²) in [6.07, 6.45) is 0.897. The second-order valence-electron chi connectivity index (χ2n) is 4.32. The molecule has 0 saturated carbocycles. The predicted octanol–water partition coefficient (Wildman–Crippen LogP) is 1.29. The third kappa shape index (κ3) is 1.46. The normalized spacial score (nSPS) is 22.4. The molecule has 2 amide bonds. The summed E-state index contributed by atoms with van der Waals surface area (Å²) in [5, 5.41) is 10.3. The zero-order valence-corrected chi connectivity index (χ0v) is 9.49. The lowest BCUT2D eigenvalue weighted by atomic mass is 10.0. The van der Waals surface area contributed by atoms with Gasteiger partial charge in [-0.15, -0.1) is 0 Å². The van der Waals surface area contributed by atoms with Crippen LogP contribution in [0.25, 0.3) is 0 Å². The highest BCUT2D eigenvalue weighted by molar-refractivity contribution is 6.05. The van der Waals surface area contributed by atoms with E-state index in [-0.39, 0.29) is 17.9 Å². The van der Waals surface area contributed by atoms with Gasteiger partial charge in [-0.05, 0) is 23.3 Å². The molecule has 0 aliphatic carbocycles. The van der Waals surface area contributed by atoms with E-state index in [1.165, 1.54) is 0 Å². The number of likely N-dealkylation sites (N-methyl/N-ethyl adjacent to an activating group) is 1. The van der Waals surface area contributed by atoms with Crippen LogP contribution in [0.5, 0.6) is 5.75 Å². The van der Waals surface area contributed by atoms with Crippen LogP contribution in [-0.4, -0.2) is 30.4 Å². The molecule has 0 radical (unpaired) electrons. The number of hydrogen-bond acceptors (Lipinski definition) is 3. The minimum absolute atomic E-state index is 0.225. The Morgan fingerprint density at radius 3 is 3.06 bits per heavy atom. The van der Waals surface area contributed by atoms with E-state index in [1.54, 1.807) is 11.9 Å². The van der Waals surface area contributed by atoms with Crippen molar-refractivity contribution in [3.63, 3.8) is 0 Å². The molecule has 2 heterocycles. The first kappa shape index (κ1) is 10.1. The predicted molar refractivity (Wildman–Crippen MR) is 62.4 cm³/mol. The van der Waals surface area contributed by atoms with Crippen molar-refractivity contribution in [3.05, 3.63) is 29.3 Å². The molecule has 5 heteroatoms. The van der Waals surface area contributed by atoms with Crippen LogP contribution in [0, 0.1) is 5.41 Å². The highest BCUT2D eigenvalue weighted by Crippen LogP contribution is 2.31. The van der Waals surface area contributed by atoms with Gasteiger partial charge in [0, 0.05) is 13.5 Å². The summed E-state index contributed by atoms with van der Waals surface area (Å²) in [5.74, 6) is 1.15. The van der Waals surface area contributed by atoms with Gasteiger partial charge < -0.3 is 9.64 Å². The smallest absolute Gasteiger partial charge is 0.323 e. The van der Waals surface area contributed by atoms with Crippen molar-refractivity contribution in [3.8, 4) is 5.75 Å². The summed E-state index contributed by atoms with van der Waals surface area (Å²) in [5.41, 5.74) is 2.11. The maximum Gasteiger partial charge on any atom is 0.323 e. The Morgan fingerprint density at radius 2 is 2.35 bits per heavy atom. The Labute approximate surface area is 98.9 Å². The fraction of sp³-hybridized carbons (Fsp3) is 0.333. The van der Waals surface area contributed by atoms with E-state index in [0.717, 1.165) is 23.3 Å². The standard InChI is InChI=1S/C12H13N3O2/c1-15-10(11(13)14-12(15)16)8-2-3-9-7(6-8)4-5-17-9/h2-3,6,10H,4-5H2,1H3,(H2,13,14,16). The summed E-state index contributed by atoms with van der Waals surface area (Å²) in [7, 11) is 1.70. The van der Waals surface area contributed by atoms with E-state index in [2.05, 4.69) is 5.32 Å². The molecule has 0 aromatic heterocycles. The topological polar surface area (TPSA) is 65.4 Å². The maximum absolute atomic E-state index is 11.5. The molecule has 2 aliphatic heterocycles. The molecule has 1 saturated heterocycles. The van der Waals surface area contributed by atoms with Gasteiger partial charge in [-0.3, -0.25) is 10.7 Å². The van der Waals surface area contributed by atoms with E-state index in [9.17, 15) is 4.79 Å². The average Bonchev–Trinajstić information content (AvgIpc) is 2.84. The van der Waals surface area contributed by atoms with Crippen LogP contribution < -0.4 is 10.1 Å². The van der Waals surface area contributed by atoms with Gasteiger partial charge in [-0.2, -0.15) is 0 Å². The van der Waals surface area contributed by atoms with Crippen molar-refractivity contribution in [2.45, 2.75) is 12.5 Å². The molecule has 1 unspecified atom stereocenters. The Balaban J connectivity index is 1.99. The van der Waals surface area contributed by atoms with Gasteiger partial charge >= 0.3 is 6.03 Å². The first-order chi connectivity index (χ1) is 8.16. The van der Waals surface area contributed by atoms with Gasteiger partial charge in [-0.25, -0.2) is 4.79 Å². The number of carbonyl (C=O) groups is 1. The quantitative estimate of drug-likeness (QED) is 0.765. The summed E-state index contributed by atoms with van der Waals surface area (Å²) < 4.78 is 5.44. The van der Waals surface area contributed by atoms with Crippen LogP contribution in [0.1, 0.15) is 17.2 Å². The van der Waals surface area contributed by atoms with Crippen molar-refractivity contribution in [1.82, 2.24) is 10.2 Å². The van der Waals surface area contributed by atoms with Crippen LogP contribution in [0.3, 0.4) is 0 Å². The number of ether oxygens (including phenoxy) is 1. The Morgan fingerprint density at radius 1 is 1.53 bits per heavy atom. The number of amidine groups is 1. The van der Waals surface area contributed by atoms with Crippen LogP contribution in [-0.2, 0) is 6.42 Å². The van der Waals surface area contributed by atoms with Crippen LogP contribution >= 0.6 is 0 Å². The maximum atomic E-state index is 11.5. The fourth-order valence-corrected chi connectivity index (χ4v) is 2.35. The van der Waals surface area contributed by atoms with Crippen molar-refractivity contribution >= 4 is 11.9 Å². The number of hydrogen-bond donors (Lipinski definition) is 2. The number of carbonyl (C=O) groups excluding carboxylic acids is 1. The second kappa shape index (κ2) is 3.48. The van der Waals surface area contributed by atoms with Gasteiger partial charge in [-0.1, -0.05) is 6.07 Å². The summed E-state index contributed by atoms with van der Waals surface area (Å²) in [6, 6.07) is 5.34. The van der Waals surface area contributed by atoms with E-state index in [4.69, 9.17) is 10.1 Å². The summed E-state index contributed by atoms with van der Waals surface area (Å²) >= 11 is 0. The first-order valence-electron chi connectivity index (χ1n) is 5.54. The number of nitrogens with zero attached hydrogens (tertiary/aromatic N) is 1. The number of rotatable bonds is 1. The molecule has 1 aromatic carbocycles. The largest absolute Gasteiger partial charge is 0.493 e. The highest BCUT2D eigenvalue weighted by atomic mass is 16.5. The monoisotopic (exact) mass is 231 g/mol. The molecule has 5 nitrogen and oxygen atoms in total. The minimum Gasteiger partial charge on any atom is -0.493 e. The highest BCUT2D eigenvalue weighted by Gasteiger charge is 2.34.